The average Bonchev–Trinajstić information content (AvgIpc) is 2.92. The van der Waals surface area contributed by atoms with Crippen molar-refractivity contribution in [2.45, 2.75) is 6.04 Å². The molecule has 108 valence electrons. The standard InChI is InChI=1S/C16H16N2O3/c1-20-16(19)11-6-4-7-12(15(11)17)18-13-9-21-14-8-3-2-5-10(13)14/h2-8,13,18H,9,17H2,1H3. The molecule has 0 aliphatic carbocycles. The minimum Gasteiger partial charge on any atom is -0.491 e. The van der Waals surface area contributed by atoms with Gasteiger partial charge in [0, 0.05) is 5.56 Å². The molecular formula is C16H16N2O3. The molecule has 0 saturated carbocycles. The highest BCUT2D eigenvalue weighted by molar-refractivity contribution is 5.98. The fraction of sp³-hybridized carbons (Fsp3) is 0.188. The van der Waals surface area contributed by atoms with E-state index >= 15 is 0 Å². The third-order valence-electron chi connectivity index (χ3n) is 3.54. The fourth-order valence-corrected chi connectivity index (χ4v) is 2.45. The maximum atomic E-state index is 11.7. The third-order valence-corrected chi connectivity index (χ3v) is 3.54. The largest absolute Gasteiger partial charge is 0.491 e. The quantitative estimate of drug-likeness (QED) is 0.669. The lowest BCUT2D eigenvalue weighted by Crippen LogP contribution is -2.15. The molecular weight excluding hydrogens is 268 g/mol. The number of benzene rings is 2. The number of esters is 1. The summed E-state index contributed by atoms with van der Waals surface area (Å²) >= 11 is 0. The summed E-state index contributed by atoms with van der Waals surface area (Å²) in [5.74, 6) is 0.428. The Hall–Kier alpha value is -2.69. The van der Waals surface area contributed by atoms with Crippen LogP contribution in [0.25, 0.3) is 0 Å². The van der Waals surface area contributed by atoms with Gasteiger partial charge in [0.05, 0.1) is 30.1 Å². The molecule has 0 spiro atoms. The number of nitrogens with one attached hydrogen (secondary N) is 1. The van der Waals surface area contributed by atoms with Gasteiger partial charge in [-0.2, -0.15) is 0 Å². The molecule has 1 heterocycles. The topological polar surface area (TPSA) is 73.6 Å². The summed E-state index contributed by atoms with van der Waals surface area (Å²) in [6.45, 7) is 0.529. The monoisotopic (exact) mass is 284 g/mol. The number of hydrogen-bond acceptors (Lipinski definition) is 5. The summed E-state index contributed by atoms with van der Waals surface area (Å²) < 4.78 is 10.4. The SMILES string of the molecule is COC(=O)c1cccc(NC2COc3ccccc32)c1N. The van der Waals surface area contributed by atoms with Crippen molar-refractivity contribution < 1.29 is 14.3 Å². The summed E-state index contributed by atoms with van der Waals surface area (Å²) in [6.07, 6.45) is 0. The Morgan fingerprint density at radius 2 is 2.10 bits per heavy atom. The Labute approximate surface area is 122 Å². The molecule has 1 atom stereocenters. The van der Waals surface area contributed by atoms with Crippen molar-refractivity contribution >= 4 is 17.3 Å². The van der Waals surface area contributed by atoms with E-state index in [9.17, 15) is 4.79 Å². The minimum absolute atomic E-state index is 0.0106. The Balaban J connectivity index is 1.88. The second kappa shape index (κ2) is 5.36. The van der Waals surface area contributed by atoms with Gasteiger partial charge in [0.1, 0.15) is 12.4 Å². The predicted octanol–water partition coefficient (Wildman–Crippen LogP) is 2.60. The zero-order valence-electron chi connectivity index (χ0n) is 11.6. The first kappa shape index (κ1) is 13.3. The van der Waals surface area contributed by atoms with E-state index in [0.29, 0.717) is 23.5 Å². The van der Waals surface area contributed by atoms with E-state index in [1.54, 1.807) is 12.1 Å². The van der Waals surface area contributed by atoms with Crippen LogP contribution in [0.4, 0.5) is 11.4 Å². The van der Waals surface area contributed by atoms with E-state index in [2.05, 4.69) is 5.32 Å². The van der Waals surface area contributed by atoms with Crippen molar-refractivity contribution in [1.82, 2.24) is 0 Å². The summed E-state index contributed by atoms with van der Waals surface area (Å²) in [7, 11) is 1.34. The Kier molecular flexibility index (Phi) is 3.39. The number of carbonyl (C=O) groups excluding carboxylic acids is 1. The van der Waals surface area contributed by atoms with Gasteiger partial charge < -0.3 is 20.5 Å². The van der Waals surface area contributed by atoms with Crippen LogP contribution in [0.15, 0.2) is 42.5 Å². The lowest BCUT2D eigenvalue weighted by molar-refractivity contribution is 0.0602. The molecule has 1 unspecified atom stereocenters. The van der Waals surface area contributed by atoms with Crippen molar-refractivity contribution in [2.24, 2.45) is 0 Å². The van der Waals surface area contributed by atoms with Gasteiger partial charge in [-0.25, -0.2) is 4.79 Å². The molecule has 3 rings (SSSR count). The molecule has 3 N–H and O–H groups in total. The molecule has 2 aromatic carbocycles. The molecule has 21 heavy (non-hydrogen) atoms. The molecule has 0 radical (unpaired) electrons. The smallest absolute Gasteiger partial charge is 0.340 e. The Morgan fingerprint density at radius 3 is 2.90 bits per heavy atom. The molecule has 1 aliphatic rings. The number of hydrogen-bond donors (Lipinski definition) is 2. The first-order valence-corrected chi connectivity index (χ1v) is 6.65. The van der Waals surface area contributed by atoms with Gasteiger partial charge in [-0.3, -0.25) is 0 Å². The van der Waals surface area contributed by atoms with Gasteiger partial charge in [0.2, 0.25) is 0 Å². The maximum absolute atomic E-state index is 11.7. The highest BCUT2D eigenvalue weighted by Crippen LogP contribution is 2.35. The highest BCUT2D eigenvalue weighted by Gasteiger charge is 2.24. The van der Waals surface area contributed by atoms with Crippen molar-refractivity contribution in [3.05, 3.63) is 53.6 Å². The van der Waals surface area contributed by atoms with Gasteiger partial charge in [-0.05, 0) is 18.2 Å². The van der Waals surface area contributed by atoms with Crippen LogP contribution in [0.1, 0.15) is 22.0 Å². The molecule has 5 heteroatoms. The number of rotatable bonds is 3. The number of nitrogen functional groups attached to an aromatic ring is 1. The number of ether oxygens (including phenoxy) is 2. The molecule has 1 aliphatic heterocycles. The van der Waals surface area contributed by atoms with Gasteiger partial charge >= 0.3 is 5.97 Å². The molecule has 0 amide bonds. The van der Waals surface area contributed by atoms with E-state index in [4.69, 9.17) is 15.2 Å². The Bertz CT molecular complexity index is 685. The van der Waals surface area contributed by atoms with Crippen LogP contribution in [-0.2, 0) is 4.74 Å². The van der Waals surface area contributed by atoms with Gasteiger partial charge in [-0.1, -0.05) is 24.3 Å². The van der Waals surface area contributed by atoms with Gasteiger partial charge in [0.25, 0.3) is 0 Å². The van der Waals surface area contributed by atoms with Crippen LogP contribution in [0.5, 0.6) is 5.75 Å². The number of nitrogens with two attached hydrogens (primary N) is 1. The van der Waals surface area contributed by atoms with Gasteiger partial charge in [0.15, 0.2) is 0 Å². The van der Waals surface area contributed by atoms with Crippen molar-refractivity contribution in [3.8, 4) is 5.75 Å². The predicted molar refractivity (Wildman–Crippen MR) is 80.5 cm³/mol. The number of para-hydroxylation sites is 2. The number of fused-ring (bicyclic) bond motifs is 1. The number of carbonyl (C=O) groups is 1. The summed E-state index contributed by atoms with van der Waals surface area (Å²) in [5, 5.41) is 3.33. The van der Waals surface area contributed by atoms with E-state index < -0.39 is 5.97 Å². The first-order valence-electron chi connectivity index (χ1n) is 6.65. The van der Waals surface area contributed by atoms with E-state index in [0.717, 1.165) is 11.3 Å². The molecule has 2 aromatic rings. The third kappa shape index (κ3) is 2.38. The fourth-order valence-electron chi connectivity index (χ4n) is 2.45. The molecule has 0 fully saturated rings. The minimum atomic E-state index is -0.445. The molecule has 0 saturated heterocycles. The second-order valence-corrected chi connectivity index (χ2v) is 4.80. The number of methoxy groups -OCH3 is 1. The Morgan fingerprint density at radius 1 is 1.29 bits per heavy atom. The first-order chi connectivity index (χ1) is 10.2. The highest BCUT2D eigenvalue weighted by atomic mass is 16.5. The molecule has 5 nitrogen and oxygen atoms in total. The summed E-state index contributed by atoms with van der Waals surface area (Å²) in [4.78, 5) is 11.7. The van der Waals surface area contributed by atoms with Crippen LogP contribution in [0.3, 0.4) is 0 Å². The van der Waals surface area contributed by atoms with Crippen LogP contribution in [0, 0.1) is 0 Å². The van der Waals surface area contributed by atoms with E-state index in [-0.39, 0.29) is 6.04 Å². The zero-order valence-corrected chi connectivity index (χ0v) is 11.6. The van der Waals surface area contributed by atoms with E-state index in [1.807, 2.05) is 30.3 Å². The normalized spacial score (nSPS) is 16.0. The molecule has 0 bridgehead atoms. The average molecular weight is 284 g/mol. The van der Waals surface area contributed by atoms with Gasteiger partial charge in [-0.15, -0.1) is 0 Å². The van der Waals surface area contributed by atoms with Crippen LogP contribution >= 0.6 is 0 Å². The van der Waals surface area contributed by atoms with Crippen molar-refractivity contribution in [3.63, 3.8) is 0 Å². The molecule has 0 aromatic heterocycles. The summed E-state index contributed by atoms with van der Waals surface area (Å²) in [5.41, 5.74) is 8.57. The summed E-state index contributed by atoms with van der Waals surface area (Å²) in [6, 6.07) is 13.1. The maximum Gasteiger partial charge on any atom is 0.340 e. The lowest BCUT2D eigenvalue weighted by atomic mass is 10.1. The van der Waals surface area contributed by atoms with Crippen molar-refractivity contribution in [1.29, 1.82) is 0 Å². The van der Waals surface area contributed by atoms with Crippen LogP contribution in [-0.4, -0.2) is 19.7 Å². The zero-order chi connectivity index (χ0) is 14.8. The van der Waals surface area contributed by atoms with Crippen LogP contribution in [0.2, 0.25) is 0 Å². The second-order valence-electron chi connectivity index (χ2n) is 4.80. The van der Waals surface area contributed by atoms with Crippen molar-refractivity contribution in [2.75, 3.05) is 24.8 Å². The van der Waals surface area contributed by atoms with E-state index in [1.165, 1.54) is 7.11 Å². The lowest BCUT2D eigenvalue weighted by Gasteiger charge is -2.16. The van der Waals surface area contributed by atoms with Crippen LogP contribution < -0.4 is 15.8 Å². The number of anilines is 2.